The summed E-state index contributed by atoms with van der Waals surface area (Å²) >= 11 is 0. The van der Waals surface area contributed by atoms with Gasteiger partial charge >= 0.3 is 0 Å². The summed E-state index contributed by atoms with van der Waals surface area (Å²) in [5.41, 5.74) is 6.89. The van der Waals surface area contributed by atoms with Crippen LogP contribution in [0.1, 0.15) is 44.6 Å². The molecule has 0 aliphatic carbocycles. The first-order chi connectivity index (χ1) is 9.88. The zero-order valence-electron chi connectivity index (χ0n) is 13.3. The number of nitrogens with one attached hydrogen (secondary N) is 1. The van der Waals surface area contributed by atoms with Crippen LogP contribution in [0, 0.1) is 0 Å². The van der Waals surface area contributed by atoms with Gasteiger partial charge in [-0.25, -0.2) is 0 Å². The fourth-order valence-electron chi connectivity index (χ4n) is 2.17. The SMILES string of the molecule is CCCn1cc(N)cc1C(=O)N(CC)CC(=O)NC(C)C. The highest BCUT2D eigenvalue weighted by Crippen LogP contribution is 2.14. The second-order valence-electron chi connectivity index (χ2n) is 5.39. The number of hydrogen-bond donors (Lipinski definition) is 2. The summed E-state index contributed by atoms with van der Waals surface area (Å²) in [6, 6.07) is 1.73. The standard InChI is InChI=1S/C15H26N4O2/c1-5-7-19-9-12(16)8-13(19)15(21)18(6-2)10-14(20)17-11(3)4/h8-9,11H,5-7,10,16H2,1-4H3,(H,17,20). The molecule has 118 valence electrons. The number of hydrogen-bond acceptors (Lipinski definition) is 3. The zero-order chi connectivity index (χ0) is 16.0. The summed E-state index contributed by atoms with van der Waals surface area (Å²) in [4.78, 5) is 25.9. The summed E-state index contributed by atoms with van der Waals surface area (Å²) in [6.07, 6.45) is 2.67. The van der Waals surface area contributed by atoms with Gasteiger partial charge in [-0.15, -0.1) is 0 Å². The van der Waals surface area contributed by atoms with E-state index in [0.717, 1.165) is 13.0 Å². The summed E-state index contributed by atoms with van der Waals surface area (Å²) in [7, 11) is 0. The molecule has 0 fully saturated rings. The van der Waals surface area contributed by atoms with Crippen LogP contribution >= 0.6 is 0 Å². The molecule has 0 aliphatic heterocycles. The molecular weight excluding hydrogens is 268 g/mol. The molecule has 21 heavy (non-hydrogen) atoms. The number of aryl methyl sites for hydroxylation is 1. The van der Waals surface area contributed by atoms with Gasteiger partial charge in [0.2, 0.25) is 5.91 Å². The number of anilines is 1. The van der Waals surface area contributed by atoms with Gasteiger partial charge in [0.05, 0.1) is 12.2 Å². The molecule has 0 saturated carbocycles. The minimum atomic E-state index is -0.165. The number of carbonyl (C=O) groups is 2. The Hall–Kier alpha value is -1.98. The summed E-state index contributed by atoms with van der Waals surface area (Å²) in [5.74, 6) is -0.316. The number of nitrogen functional groups attached to an aromatic ring is 1. The van der Waals surface area contributed by atoms with E-state index in [1.165, 1.54) is 4.90 Å². The third kappa shape index (κ3) is 4.81. The minimum Gasteiger partial charge on any atom is -0.397 e. The third-order valence-electron chi connectivity index (χ3n) is 3.05. The lowest BCUT2D eigenvalue weighted by Crippen LogP contribution is -2.43. The van der Waals surface area contributed by atoms with Crippen molar-refractivity contribution < 1.29 is 9.59 Å². The number of nitrogens with two attached hydrogens (primary N) is 1. The van der Waals surface area contributed by atoms with Gasteiger partial charge in [-0.3, -0.25) is 9.59 Å². The van der Waals surface area contributed by atoms with Crippen molar-refractivity contribution in [3.8, 4) is 0 Å². The molecule has 3 N–H and O–H groups in total. The summed E-state index contributed by atoms with van der Waals surface area (Å²) < 4.78 is 1.85. The third-order valence-corrected chi connectivity index (χ3v) is 3.05. The summed E-state index contributed by atoms with van der Waals surface area (Å²) in [5, 5.41) is 2.79. The maximum atomic E-state index is 12.6. The molecular formula is C15H26N4O2. The van der Waals surface area contributed by atoms with Gasteiger partial charge in [-0.1, -0.05) is 6.92 Å². The van der Waals surface area contributed by atoms with Gasteiger partial charge < -0.3 is 20.5 Å². The first kappa shape index (κ1) is 17.1. The summed E-state index contributed by atoms with van der Waals surface area (Å²) in [6.45, 7) is 8.95. The van der Waals surface area contributed by atoms with Crippen molar-refractivity contribution in [1.82, 2.24) is 14.8 Å². The monoisotopic (exact) mass is 294 g/mol. The lowest BCUT2D eigenvalue weighted by atomic mass is 10.3. The van der Waals surface area contributed by atoms with Crippen LogP contribution in [0.5, 0.6) is 0 Å². The molecule has 0 saturated heterocycles. The van der Waals surface area contributed by atoms with Crippen molar-refractivity contribution in [2.24, 2.45) is 0 Å². The molecule has 6 heteroatoms. The Kier molecular flexibility index (Phi) is 6.27. The first-order valence-corrected chi connectivity index (χ1v) is 7.43. The smallest absolute Gasteiger partial charge is 0.271 e. The molecule has 0 unspecified atom stereocenters. The molecule has 0 spiro atoms. The maximum absolute atomic E-state index is 12.6. The molecule has 0 bridgehead atoms. The molecule has 1 aromatic rings. The van der Waals surface area contributed by atoms with Crippen LogP contribution in [0.15, 0.2) is 12.3 Å². The lowest BCUT2D eigenvalue weighted by Gasteiger charge is -2.21. The van der Waals surface area contributed by atoms with E-state index in [0.29, 0.717) is 17.9 Å². The van der Waals surface area contributed by atoms with Gasteiger partial charge in [0.15, 0.2) is 0 Å². The fourth-order valence-corrected chi connectivity index (χ4v) is 2.17. The maximum Gasteiger partial charge on any atom is 0.271 e. The van der Waals surface area contributed by atoms with E-state index in [1.54, 1.807) is 12.3 Å². The van der Waals surface area contributed by atoms with E-state index in [4.69, 9.17) is 5.73 Å². The quantitative estimate of drug-likeness (QED) is 0.799. The van der Waals surface area contributed by atoms with Crippen LogP contribution in [0.2, 0.25) is 0 Å². The highest BCUT2D eigenvalue weighted by Gasteiger charge is 2.21. The van der Waals surface area contributed by atoms with Crippen molar-refractivity contribution >= 4 is 17.5 Å². The van der Waals surface area contributed by atoms with Gasteiger partial charge in [0.1, 0.15) is 5.69 Å². The zero-order valence-corrected chi connectivity index (χ0v) is 13.3. The van der Waals surface area contributed by atoms with E-state index in [1.807, 2.05) is 32.3 Å². The van der Waals surface area contributed by atoms with E-state index < -0.39 is 0 Å². The molecule has 0 radical (unpaired) electrons. The average Bonchev–Trinajstić information content (AvgIpc) is 2.75. The van der Waals surface area contributed by atoms with E-state index >= 15 is 0 Å². The number of aromatic nitrogens is 1. The van der Waals surface area contributed by atoms with Crippen LogP contribution in [-0.4, -0.2) is 40.4 Å². The predicted molar refractivity (Wildman–Crippen MR) is 84.0 cm³/mol. The van der Waals surface area contributed by atoms with Gasteiger partial charge in [0, 0.05) is 25.3 Å². The number of likely N-dealkylation sites (N-methyl/N-ethyl adjacent to an activating group) is 1. The lowest BCUT2D eigenvalue weighted by molar-refractivity contribution is -0.122. The van der Waals surface area contributed by atoms with E-state index in [-0.39, 0.29) is 24.4 Å². The fraction of sp³-hybridized carbons (Fsp3) is 0.600. The molecule has 0 atom stereocenters. The Morgan fingerprint density at radius 1 is 1.38 bits per heavy atom. The molecule has 6 nitrogen and oxygen atoms in total. The van der Waals surface area contributed by atoms with E-state index in [2.05, 4.69) is 5.32 Å². The van der Waals surface area contributed by atoms with E-state index in [9.17, 15) is 9.59 Å². The highest BCUT2D eigenvalue weighted by atomic mass is 16.2. The Morgan fingerprint density at radius 3 is 2.57 bits per heavy atom. The van der Waals surface area contributed by atoms with Gasteiger partial charge in [-0.2, -0.15) is 0 Å². The topological polar surface area (TPSA) is 80.4 Å². The minimum absolute atomic E-state index is 0.0602. The van der Waals surface area contributed by atoms with Crippen LogP contribution in [0.25, 0.3) is 0 Å². The second-order valence-corrected chi connectivity index (χ2v) is 5.39. The molecule has 0 aliphatic rings. The van der Waals surface area contributed by atoms with Gasteiger partial charge in [-0.05, 0) is 33.3 Å². The van der Waals surface area contributed by atoms with Crippen molar-refractivity contribution in [2.45, 2.75) is 46.7 Å². The largest absolute Gasteiger partial charge is 0.397 e. The Balaban J connectivity index is 2.85. The number of nitrogens with zero attached hydrogens (tertiary/aromatic N) is 2. The molecule has 1 rings (SSSR count). The van der Waals surface area contributed by atoms with Crippen molar-refractivity contribution in [3.63, 3.8) is 0 Å². The Bertz CT molecular complexity index is 494. The van der Waals surface area contributed by atoms with Gasteiger partial charge in [0.25, 0.3) is 5.91 Å². The van der Waals surface area contributed by atoms with Crippen molar-refractivity contribution in [3.05, 3.63) is 18.0 Å². The molecule has 2 amide bonds. The second kappa shape index (κ2) is 7.71. The number of amides is 2. The van der Waals surface area contributed by atoms with Crippen LogP contribution in [0.3, 0.4) is 0 Å². The Labute approximate surface area is 126 Å². The number of rotatable bonds is 7. The van der Waals surface area contributed by atoms with Crippen molar-refractivity contribution in [2.75, 3.05) is 18.8 Å². The van der Waals surface area contributed by atoms with Crippen molar-refractivity contribution in [1.29, 1.82) is 0 Å². The number of carbonyl (C=O) groups excluding carboxylic acids is 2. The highest BCUT2D eigenvalue weighted by molar-refractivity contribution is 5.96. The van der Waals surface area contributed by atoms with Crippen LogP contribution in [0.4, 0.5) is 5.69 Å². The van der Waals surface area contributed by atoms with Crippen LogP contribution < -0.4 is 11.1 Å². The normalized spacial score (nSPS) is 10.7. The molecule has 0 aromatic carbocycles. The molecule has 1 aromatic heterocycles. The van der Waals surface area contributed by atoms with Crippen LogP contribution in [-0.2, 0) is 11.3 Å². The Morgan fingerprint density at radius 2 is 2.05 bits per heavy atom. The first-order valence-electron chi connectivity index (χ1n) is 7.43. The predicted octanol–water partition coefficient (Wildman–Crippen LogP) is 1.47. The average molecular weight is 294 g/mol. The molecule has 1 heterocycles.